The molecule has 1 aromatic rings. The van der Waals surface area contributed by atoms with Gasteiger partial charge in [0.15, 0.2) is 5.79 Å². The molecule has 0 aromatic heterocycles. The van der Waals surface area contributed by atoms with E-state index < -0.39 is 5.79 Å². The summed E-state index contributed by atoms with van der Waals surface area (Å²) >= 11 is 0. The molecule has 1 heterocycles. The minimum absolute atomic E-state index is 0.251. The number of ether oxygens (including phenoxy) is 2. The first kappa shape index (κ1) is 10.6. The highest BCUT2D eigenvalue weighted by Gasteiger charge is 2.38. The van der Waals surface area contributed by atoms with Crippen LogP contribution in [0.3, 0.4) is 0 Å². The van der Waals surface area contributed by atoms with E-state index in [1.165, 1.54) is 6.07 Å². The molecule has 15 heavy (non-hydrogen) atoms. The summed E-state index contributed by atoms with van der Waals surface area (Å²) in [7, 11) is 0. The van der Waals surface area contributed by atoms with E-state index in [1.54, 1.807) is 6.07 Å². The normalized spacial score (nSPS) is 19.4. The van der Waals surface area contributed by atoms with Crippen LogP contribution in [-0.2, 0) is 15.3 Å². The molecule has 1 aromatic carbocycles. The molecular formula is C12H15FO2. The largest absolute Gasteiger partial charge is 0.343 e. The summed E-state index contributed by atoms with van der Waals surface area (Å²) in [4.78, 5) is 0. The molecule has 3 heteroatoms. The van der Waals surface area contributed by atoms with E-state index in [9.17, 15) is 4.39 Å². The highest BCUT2D eigenvalue weighted by atomic mass is 19.1. The summed E-state index contributed by atoms with van der Waals surface area (Å²) in [5.74, 6) is -1.11. The van der Waals surface area contributed by atoms with Crippen molar-refractivity contribution in [2.45, 2.75) is 26.1 Å². The molecule has 82 valence electrons. The Bertz CT molecular complexity index is 357. The molecule has 0 N–H and O–H groups in total. The number of benzene rings is 1. The second-order valence-electron chi connectivity index (χ2n) is 3.79. The van der Waals surface area contributed by atoms with Gasteiger partial charge in [-0.1, -0.05) is 19.1 Å². The molecule has 0 bridgehead atoms. The van der Waals surface area contributed by atoms with Gasteiger partial charge in [-0.3, -0.25) is 0 Å². The van der Waals surface area contributed by atoms with Crippen molar-refractivity contribution in [1.29, 1.82) is 0 Å². The molecule has 1 saturated heterocycles. The van der Waals surface area contributed by atoms with Gasteiger partial charge in [-0.25, -0.2) is 4.39 Å². The molecule has 0 unspecified atom stereocenters. The fraction of sp³-hybridized carbons (Fsp3) is 0.500. The lowest BCUT2D eigenvalue weighted by Gasteiger charge is -2.26. The second kappa shape index (κ2) is 3.91. The smallest absolute Gasteiger partial charge is 0.197 e. The van der Waals surface area contributed by atoms with Gasteiger partial charge in [-0.05, 0) is 18.6 Å². The van der Waals surface area contributed by atoms with Crippen LogP contribution in [-0.4, -0.2) is 13.2 Å². The van der Waals surface area contributed by atoms with Gasteiger partial charge in [0.25, 0.3) is 0 Å². The Kier molecular flexibility index (Phi) is 2.76. The Labute approximate surface area is 89.0 Å². The van der Waals surface area contributed by atoms with E-state index in [4.69, 9.17) is 9.47 Å². The highest BCUT2D eigenvalue weighted by molar-refractivity contribution is 5.27. The predicted molar refractivity (Wildman–Crippen MR) is 55.0 cm³/mol. The molecule has 2 rings (SSSR count). The van der Waals surface area contributed by atoms with Gasteiger partial charge in [0.2, 0.25) is 0 Å². The van der Waals surface area contributed by atoms with Crippen LogP contribution in [0.15, 0.2) is 18.2 Å². The average Bonchev–Trinajstić information content (AvgIpc) is 2.67. The van der Waals surface area contributed by atoms with Gasteiger partial charge in [0.05, 0.1) is 13.2 Å². The van der Waals surface area contributed by atoms with Crippen molar-refractivity contribution in [3.05, 3.63) is 35.1 Å². The molecule has 0 saturated carbocycles. The van der Waals surface area contributed by atoms with Crippen molar-refractivity contribution >= 4 is 0 Å². The van der Waals surface area contributed by atoms with Gasteiger partial charge in [-0.2, -0.15) is 0 Å². The van der Waals surface area contributed by atoms with Crippen LogP contribution in [0.25, 0.3) is 0 Å². The quantitative estimate of drug-likeness (QED) is 0.747. The van der Waals surface area contributed by atoms with E-state index in [0.717, 1.165) is 5.56 Å². The van der Waals surface area contributed by atoms with E-state index in [2.05, 4.69) is 0 Å². The van der Waals surface area contributed by atoms with Gasteiger partial charge in [0.1, 0.15) is 5.82 Å². The first-order chi connectivity index (χ1) is 7.18. The predicted octanol–water partition coefficient (Wildman–Crippen LogP) is 2.74. The average molecular weight is 210 g/mol. The third-order valence-corrected chi connectivity index (χ3v) is 2.75. The number of aryl methyl sites for hydroxylation is 1. The Balaban J connectivity index is 2.42. The fourth-order valence-electron chi connectivity index (χ4n) is 1.93. The lowest BCUT2D eigenvalue weighted by Crippen LogP contribution is -2.27. The third kappa shape index (κ3) is 1.77. The van der Waals surface area contributed by atoms with Crippen LogP contribution in [0.1, 0.15) is 24.5 Å². The molecule has 0 spiro atoms. The molecule has 0 aliphatic carbocycles. The summed E-state index contributed by atoms with van der Waals surface area (Å²) in [6.45, 7) is 4.86. The summed E-state index contributed by atoms with van der Waals surface area (Å²) in [5.41, 5.74) is 1.41. The van der Waals surface area contributed by atoms with E-state index in [1.807, 2.05) is 19.9 Å². The standard InChI is InChI=1S/C12H15FO2/c1-3-12(14-6-7-15-12)10-5-4-9(2)8-11(10)13/h4-5,8H,3,6-7H2,1-2H3. The van der Waals surface area contributed by atoms with Crippen molar-refractivity contribution in [2.75, 3.05) is 13.2 Å². The molecule has 0 atom stereocenters. The maximum Gasteiger partial charge on any atom is 0.197 e. The molecule has 1 fully saturated rings. The first-order valence-electron chi connectivity index (χ1n) is 5.22. The van der Waals surface area contributed by atoms with Crippen molar-refractivity contribution in [3.8, 4) is 0 Å². The fourth-order valence-corrected chi connectivity index (χ4v) is 1.93. The molecule has 0 radical (unpaired) electrons. The molecule has 1 aliphatic heterocycles. The van der Waals surface area contributed by atoms with Crippen molar-refractivity contribution < 1.29 is 13.9 Å². The summed E-state index contributed by atoms with van der Waals surface area (Å²) in [6, 6.07) is 5.14. The topological polar surface area (TPSA) is 18.5 Å². The second-order valence-corrected chi connectivity index (χ2v) is 3.79. The summed E-state index contributed by atoms with van der Waals surface area (Å²) in [5, 5.41) is 0. The van der Waals surface area contributed by atoms with Gasteiger partial charge < -0.3 is 9.47 Å². The third-order valence-electron chi connectivity index (χ3n) is 2.75. The van der Waals surface area contributed by atoms with Crippen molar-refractivity contribution in [1.82, 2.24) is 0 Å². The Morgan fingerprint density at radius 1 is 1.33 bits per heavy atom. The van der Waals surface area contributed by atoms with E-state index in [-0.39, 0.29) is 5.82 Å². The first-order valence-corrected chi connectivity index (χ1v) is 5.22. The van der Waals surface area contributed by atoms with Gasteiger partial charge in [0, 0.05) is 12.0 Å². The molecular weight excluding hydrogens is 195 g/mol. The van der Waals surface area contributed by atoms with Gasteiger partial charge >= 0.3 is 0 Å². The Hall–Kier alpha value is -0.930. The maximum atomic E-state index is 13.8. The minimum Gasteiger partial charge on any atom is -0.343 e. The van der Waals surface area contributed by atoms with Crippen LogP contribution >= 0.6 is 0 Å². The van der Waals surface area contributed by atoms with Crippen molar-refractivity contribution in [2.24, 2.45) is 0 Å². The molecule has 2 nitrogen and oxygen atoms in total. The van der Waals surface area contributed by atoms with Crippen LogP contribution < -0.4 is 0 Å². The minimum atomic E-state index is -0.863. The maximum absolute atomic E-state index is 13.8. The molecule has 0 amide bonds. The van der Waals surface area contributed by atoms with Crippen LogP contribution in [0.2, 0.25) is 0 Å². The zero-order chi connectivity index (χ0) is 10.9. The Morgan fingerprint density at radius 2 is 2.00 bits per heavy atom. The number of rotatable bonds is 2. The van der Waals surface area contributed by atoms with Crippen molar-refractivity contribution in [3.63, 3.8) is 0 Å². The number of hydrogen-bond acceptors (Lipinski definition) is 2. The monoisotopic (exact) mass is 210 g/mol. The van der Waals surface area contributed by atoms with E-state index in [0.29, 0.717) is 25.2 Å². The summed E-state index contributed by atoms with van der Waals surface area (Å²) < 4.78 is 24.8. The SMILES string of the molecule is CCC1(c2ccc(C)cc2F)OCCO1. The van der Waals surface area contributed by atoms with E-state index >= 15 is 0 Å². The lowest BCUT2D eigenvalue weighted by molar-refractivity contribution is -0.169. The zero-order valence-electron chi connectivity index (χ0n) is 9.05. The van der Waals surface area contributed by atoms with Crippen LogP contribution in [0.5, 0.6) is 0 Å². The summed E-state index contributed by atoms with van der Waals surface area (Å²) in [6.07, 6.45) is 0.618. The lowest BCUT2D eigenvalue weighted by atomic mass is 10.0. The number of hydrogen-bond donors (Lipinski definition) is 0. The highest BCUT2D eigenvalue weighted by Crippen LogP contribution is 2.36. The van der Waals surface area contributed by atoms with Crippen LogP contribution in [0.4, 0.5) is 4.39 Å². The zero-order valence-corrected chi connectivity index (χ0v) is 9.05. The Morgan fingerprint density at radius 3 is 2.53 bits per heavy atom. The van der Waals surface area contributed by atoms with Crippen LogP contribution in [0, 0.1) is 12.7 Å². The van der Waals surface area contributed by atoms with Gasteiger partial charge in [-0.15, -0.1) is 0 Å². The number of halogens is 1. The molecule has 1 aliphatic rings.